The largest absolute Gasteiger partial charge is 0.366 e. The van der Waals surface area contributed by atoms with Crippen molar-refractivity contribution in [1.82, 2.24) is 4.98 Å². The molecule has 1 amide bonds. The third-order valence-corrected chi connectivity index (χ3v) is 2.62. The van der Waals surface area contributed by atoms with Crippen LogP contribution in [0.1, 0.15) is 43.2 Å². The van der Waals surface area contributed by atoms with Gasteiger partial charge < -0.3 is 5.73 Å². The van der Waals surface area contributed by atoms with Gasteiger partial charge in [0.2, 0.25) is 5.91 Å². The van der Waals surface area contributed by atoms with Crippen molar-refractivity contribution < 1.29 is 4.79 Å². The van der Waals surface area contributed by atoms with Crippen molar-refractivity contribution in [2.45, 2.75) is 32.6 Å². The number of aromatic nitrogens is 1. The number of pyridine rings is 1. The summed E-state index contributed by atoms with van der Waals surface area (Å²) in [5, 5.41) is 0. The molecule has 1 rings (SSSR count). The second-order valence-electron chi connectivity index (χ2n) is 4.03. The van der Waals surface area contributed by atoms with Gasteiger partial charge in [-0.25, -0.2) is 0 Å². The lowest BCUT2D eigenvalue weighted by molar-refractivity contribution is 0.1000. The van der Waals surface area contributed by atoms with Gasteiger partial charge in [0.05, 0.1) is 0 Å². The van der Waals surface area contributed by atoms with Crippen LogP contribution in [0.25, 0.3) is 0 Å². The van der Waals surface area contributed by atoms with Gasteiger partial charge >= 0.3 is 0 Å². The number of nitrogens with two attached hydrogens (primary N) is 1. The minimum Gasteiger partial charge on any atom is -0.366 e. The van der Waals surface area contributed by atoms with Crippen molar-refractivity contribution in [3.8, 4) is 0 Å². The molecule has 0 fully saturated rings. The molecule has 3 heteroatoms. The van der Waals surface area contributed by atoms with Crippen LogP contribution in [0.4, 0.5) is 0 Å². The number of primary amides is 1. The number of carbonyl (C=O) groups is 1. The van der Waals surface area contributed by atoms with Gasteiger partial charge in [-0.15, -0.1) is 0 Å². The number of hydrogen-bond donors (Lipinski definition) is 1. The fourth-order valence-electron chi connectivity index (χ4n) is 1.14. The topological polar surface area (TPSA) is 56.0 Å². The van der Waals surface area contributed by atoms with E-state index in [1.165, 1.54) is 0 Å². The van der Waals surface area contributed by atoms with Crippen LogP contribution in [-0.4, -0.2) is 10.9 Å². The van der Waals surface area contributed by atoms with Crippen molar-refractivity contribution in [2.24, 2.45) is 5.73 Å². The molecule has 0 radical (unpaired) electrons. The molecule has 0 unspecified atom stereocenters. The van der Waals surface area contributed by atoms with Gasteiger partial charge in [-0.1, -0.05) is 20.8 Å². The lowest BCUT2D eigenvalue weighted by atomic mass is 9.85. The molecule has 0 aliphatic carbocycles. The lowest BCUT2D eigenvalue weighted by Gasteiger charge is -2.21. The third-order valence-electron chi connectivity index (χ3n) is 2.62. The second kappa shape index (κ2) is 3.78. The van der Waals surface area contributed by atoms with Crippen LogP contribution >= 0.6 is 0 Å². The van der Waals surface area contributed by atoms with Crippen LogP contribution in [0.15, 0.2) is 18.3 Å². The van der Waals surface area contributed by atoms with Crippen LogP contribution in [0.2, 0.25) is 0 Å². The summed E-state index contributed by atoms with van der Waals surface area (Å²) >= 11 is 0. The Morgan fingerprint density at radius 3 is 2.71 bits per heavy atom. The SMILES string of the molecule is CCC(C)(C)c1cc(C(N)=O)ccn1. The lowest BCUT2D eigenvalue weighted by Crippen LogP contribution is -2.19. The van der Waals surface area contributed by atoms with E-state index in [-0.39, 0.29) is 5.41 Å². The van der Waals surface area contributed by atoms with Gasteiger partial charge in [-0.2, -0.15) is 0 Å². The first-order valence-corrected chi connectivity index (χ1v) is 4.73. The highest BCUT2D eigenvalue weighted by molar-refractivity contribution is 5.92. The number of hydrogen-bond acceptors (Lipinski definition) is 2. The molecule has 14 heavy (non-hydrogen) atoms. The standard InChI is InChI=1S/C11H16N2O/c1-4-11(2,3)9-7-8(10(12)14)5-6-13-9/h5-7H,4H2,1-3H3,(H2,12,14). The molecular formula is C11H16N2O. The Morgan fingerprint density at radius 1 is 1.57 bits per heavy atom. The molecule has 0 aromatic carbocycles. The van der Waals surface area contributed by atoms with Crippen molar-refractivity contribution in [1.29, 1.82) is 0 Å². The Balaban J connectivity index is 3.12. The first-order valence-electron chi connectivity index (χ1n) is 4.73. The summed E-state index contributed by atoms with van der Waals surface area (Å²) in [6.45, 7) is 6.29. The highest BCUT2D eigenvalue weighted by Crippen LogP contribution is 2.24. The monoisotopic (exact) mass is 192 g/mol. The smallest absolute Gasteiger partial charge is 0.248 e. The quantitative estimate of drug-likeness (QED) is 0.794. The summed E-state index contributed by atoms with van der Waals surface area (Å²) in [5.74, 6) is -0.402. The summed E-state index contributed by atoms with van der Waals surface area (Å²) in [5.41, 5.74) is 6.63. The van der Waals surface area contributed by atoms with Crippen LogP contribution in [0.3, 0.4) is 0 Å². The minimum absolute atomic E-state index is 0.00847. The molecule has 0 aliphatic heterocycles. The summed E-state index contributed by atoms with van der Waals surface area (Å²) in [4.78, 5) is 15.2. The molecule has 76 valence electrons. The number of carbonyl (C=O) groups excluding carboxylic acids is 1. The van der Waals surface area contributed by atoms with E-state index in [0.29, 0.717) is 5.56 Å². The fourth-order valence-corrected chi connectivity index (χ4v) is 1.14. The highest BCUT2D eigenvalue weighted by Gasteiger charge is 2.20. The predicted molar refractivity (Wildman–Crippen MR) is 56.1 cm³/mol. The van der Waals surface area contributed by atoms with Crippen LogP contribution < -0.4 is 5.73 Å². The molecule has 0 bridgehead atoms. The summed E-state index contributed by atoms with van der Waals surface area (Å²) in [7, 11) is 0. The maximum Gasteiger partial charge on any atom is 0.248 e. The average Bonchev–Trinajstić information content (AvgIpc) is 2.18. The normalized spacial score (nSPS) is 11.4. The Hall–Kier alpha value is -1.38. The molecule has 3 nitrogen and oxygen atoms in total. The molecule has 0 spiro atoms. The number of amides is 1. The Labute approximate surface area is 84.3 Å². The molecule has 0 saturated heterocycles. The molecule has 0 atom stereocenters. The van der Waals surface area contributed by atoms with Crippen molar-refractivity contribution in [3.63, 3.8) is 0 Å². The average molecular weight is 192 g/mol. The van der Waals surface area contributed by atoms with Crippen molar-refractivity contribution in [2.75, 3.05) is 0 Å². The van der Waals surface area contributed by atoms with Gasteiger partial charge in [-0.3, -0.25) is 9.78 Å². The van der Waals surface area contributed by atoms with Gasteiger partial charge in [0, 0.05) is 22.9 Å². The van der Waals surface area contributed by atoms with E-state index in [9.17, 15) is 4.79 Å². The number of rotatable bonds is 3. The molecule has 0 aliphatic rings. The maximum atomic E-state index is 11.0. The van der Waals surface area contributed by atoms with E-state index in [0.717, 1.165) is 12.1 Å². The first kappa shape index (κ1) is 10.7. The van der Waals surface area contributed by atoms with E-state index in [2.05, 4.69) is 25.8 Å². The molecule has 1 aromatic rings. The first-order chi connectivity index (χ1) is 6.47. The Morgan fingerprint density at radius 2 is 2.21 bits per heavy atom. The molecular weight excluding hydrogens is 176 g/mol. The molecule has 2 N–H and O–H groups in total. The van der Waals surface area contributed by atoms with Gasteiger partial charge in [0.25, 0.3) is 0 Å². The van der Waals surface area contributed by atoms with E-state index in [4.69, 9.17) is 5.73 Å². The van der Waals surface area contributed by atoms with E-state index in [1.54, 1.807) is 18.3 Å². The van der Waals surface area contributed by atoms with Crippen molar-refractivity contribution >= 4 is 5.91 Å². The van der Waals surface area contributed by atoms with E-state index < -0.39 is 5.91 Å². The minimum atomic E-state index is -0.402. The fraction of sp³-hybridized carbons (Fsp3) is 0.455. The zero-order valence-corrected chi connectivity index (χ0v) is 8.87. The van der Waals surface area contributed by atoms with Crippen LogP contribution in [-0.2, 0) is 5.41 Å². The Bertz CT molecular complexity index is 345. The molecule has 1 aromatic heterocycles. The van der Waals surface area contributed by atoms with Crippen LogP contribution in [0, 0.1) is 0 Å². The predicted octanol–water partition coefficient (Wildman–Crippen LogP) is 1.87. The highest BCUT2D eigenvalue weighted by atomic mass is 16.1. The Kier molecular flexibility index (Phi) is 2.89. The van der Waals surface area contributed by atoms with E-state index >= 15 is 0 Å². The van der Waals surface area contributed by atoms with Gasteiger partial charge in [-0.05, 0) is 18.6 Å². The maximum absolute atomic E-state index is 11.0. The third kappa shape index (κ3) is 2.10. The molecule has 0 saturated carbocycles. The summed E-state index contributed by atoms with van der Waals surface area (Å²) in [6.07, 6.45) is 2.61. The summed E-state index contributed by atoms with van der Waals surface area (Å²) < 4.78 is 0. The second-order valence-corrected chi connectivity index (χ2v) is 4.03. The van der Waals surface area contributed by atoms with Gasteiger partial charge in [0.1, 0.15) is 0 Å². The van der Waals surface area contributed by atoms with Gasteiger partial charge in [0.15, 0.2) is 0 Å². The summed E-state index contributed by atoms with van der Waals surface area (Å²) in [6, 6.07) is 3.41. The zero-order chi connectivity index (χ0) is 10.8. The van der Waals surface area contributed by atoms with Crippen LogP contribution in [0.5, 0.6) is 0 Å². The molecule has 1 heterocycles. The van der Waals surface area contributed by atoms with Crippen molar-refractivity contribution in [3.05, 3.63) is 29.6 Å². The number of nitrogens with zero attached hydrogens (tertiary/aromatic N) is 1. The van der Waals surface area contributed by atoms with E-state index in [1.807, 2.05) is 0 Å². The zero-order valence-electron chi connectivity index (χ0n) is 8.87.